The normalized spacial score (nSPS) is 12.2. The minimum atomic E-state index is -2.84. The molecule has 220 valence electrons. The van der Waals surface area contributed by atoms with E-state index < -0.39 is 14.5 Å². The number of fused-ring (bicyclic) bond motifs is 3. The summed E-state index contributed by atoms with van der Waals surface area (Å²) in [5, 5.41) is 2.08. The molecular weight excluding hydrogens is 547 g/mol. The molecule has 0 aliphatic heterocycles. The number of pyridine rings is 2. The number of nitrogen functional groups attached to an aromatic ring is 1. The van der Waals surface area contributed by atoms with E-state index in [4.69, 9.17) is 24.5 Å². The maximum atomic E-state index is 13.5. The number of nitrogens with two attached hydrogens (primary N) is 1. The second-order valence-electron chi connectivity index (χ2n) is 9.91. The predicted molar refractivity (Wildman–Crippen MR) is 161 cm³/mol. The molecule has 0 saturated carbocycles. The molecule has 0 aliphatic rings. The number of anilines is 1. The van der Waals surface area contributed by atoms with E-state index in [9.17, 15) is 8.78 Å². The van der Waals surface area contributed by atoms with Crippen LogP contribution in [-0.2, 0) is 26.8 Å². The summed E-state index contributed by atoms with van der Waals surface area (Å²) in [5.74, 6) is 1.23. The largest absolute Gasteiger partial charge is 0.491 e. The highest BCUT2D eigenvalue weighted by Gasteiger charge is 2.29. The average molecular weight is 586 g/mol. The Hall–Kier alpha value is -2.97. The van der Waals surface area contributed by atoms with Gasteiger partial charge in [-0.2, -0.15) is 8.78 Å². The van der Waals surface area contributed by atoms with Gasteiger partial charge < -0.3 is 24.5 Å². The quantitative estimate of drug-likeness (QED) is 0.0880. The third-order valence-electron chi connectivity index (χ3n) is 6.66. The Morgan fingerprint density at radius 3 is 2.46 bits per heavy atom. The van der Waals surface area contributed by atoms with Gasteiger partial charge in [-0.3, -0.25) is 4.98 Å². The summed E-state index contributed by atoms with van der Waals surface area (Å²) in [6.45, 7) is 7.43. The van der Waals surface area contributed by atoms with Crippen molar-refractivity contribution in [3.8, 4) is 5.75 Å². The van der Waals surface area contributed by atoms with Gasteiger partial charge in [-0.05, 0) is 80.1 Å². The molecular formula is C31H38F2N3O4P. The molecule has 2 N–H and O–H groups in total. The first kappa shape index (κ1) is 31.0. The number of aryl methyl sites for hydroxylation is 4. The first-order valence-corrected chi connectivity index (χ1v) is 14.8. The zero-order valence-electron chi connectivity index (χ0n) is 23.8. The summed E-state index contributed by atoms with van der Waals surface area (Å²) >= 11 is 0. The van der Waals surface area contributed by atoms with Crippen molar-refractivity contribution in [3.05, 3.63) is 70.9 Å². The summed E-state index contributed by atoms with van der Waals surface area (Å²) in [4.78, 5) is 9.16. The van der Waals surface area contributed by atoms with Gasteiger partial charge in [0, 0.05) is 30.0 Å². The number of benzene rings is 2. The number of hydrogen-bond acceptors (Lipinski definition) is 7. The van der Waals surface area contributed by atoms with Crippen LogP contribution in [0.25, 0.3) is 21.8 Å². The van der Waals surface area contributed by atoms with Gasteiger partial charge in [0.25, 0.3) is 5.66 Å². The lowest BCUT2D eigenvalue weighted by atomic mass is 9.99. The van der Waals surface area contributed by atoms with E-state index in [0.29, 0.717) is 25.6 Å². The smallest absolute Gasteiger partial charge is 0.288 e. The molecule has 2 aromatic heterocycles. The van der Waals surface area contributed by atoms with E-state index in [-0.39, 0.29) is 26.2 Å². The maximum Gasteiger partial charge on any atom is 0.288 e. The lowest BCUT2D eigenvalue weighted by molar-refractivity contribution is 0.00603. The summed E-state index contributed by atoms with van der Waals surface area (Å²) in [7, 11) is -0.829. The first-order chi connectivity index (χ1) is 19.8. The Morgan fingerprint density at radius 1 is 0.902 bits per heavy atom. The van der Waals surface area contributed by atoms with Crippen LogP contribution in [0.15, 0.2) is 48.7 Å². The van der Waals surface area contributed by atoms with Crippen molar-refractivity contribution in [2.75, 3.05) is 45.4 Å². The van der Waals surface area contributed by atoms with E-state index in [1.54, 1.807) is 6.92 Å². The topological polar surface area (TPSA) is 88.7 Å². The van der Waals surface area contributed by atoms with E-state index in [1.807, 2.05) is 31.3 Å². The fourth-order valence-corrected chi connectivity index (χ4v) is 5.05. The van der Waals surface area contributed by atoms with Gasteiger partial charge in [0.2, 0.25) is 0 Å². The number of alkyl halides is 2. The van der Waals surface area contributed by atoms with Crippen LogP contribution in [-0.4, -0.2) is 55.3 Å². The maximum absolute atomic E-state index is 13.5. The monoisotopic (exact) mass is 585 g/mol. The van der Waals surface area contributed by atoms with Crippen LogP contribution in [0.5, 0.6) is 5.75 Å². The van der Waals surface area contributed by atoms with E-state index in [2.05, 4.69) is 41.2 Å². The highest BCUT2D eigenvalue weighted by atomic mass is 31.1. The van der Waals surface area contributed by atoms with Gasteiger partial charge in [0.15, 0.2) is 5.82 Å². The van der Waals surface area contributed by atoms with Crippen molar-refractivity contribution in [1.82, 2.24) is 9.97 Å². The van der Waals surface area contributed by atoms with Gasteiger partial charge in [-0.1, -0.05) is 18.2 Å². The number of ether oxygens (including phenoxy) is 3. The third-order valence-corrected chi connectivity index (χ3v) is 7.64. The molecule has 4 rings (SSSR count). The molecule has 7 nitrogen and oxygen atoms in total. The van der Waals surface area contributed by atoms with Gasteiger partial charge >= 0.3 is 0 Å². The van der Waals surface area contributed by atoms with Crippen LogP contribution >= 0.6 is 8.81 Å². The van der Waals surface area contributed by atoms with Crippen LogP contribution in [0.4, 0.5) is 14.6 Å². The lowest BCUT2D eigenvalue weighted by Crippen LogP contribution is -2.15. The molecule has 0 aliphatic carbocycles. The predicted octanol–water partition coefficient (Wildman–Crippen LogP) is 6.79. The summed E-state index contributed by atoms with van der Waals surface area (Å²) in [6.07, 6.45) is 3.25. The number of hydrogen-bond donors (Lipinski definition) is 1. The first-order valence-electron chi connectivity index (χ1n) is 13.8. The Labute approximate surface area is 241 Å². The van der Waals surface area contributed by atoms with Crippen LogP contribution in [0.2, 0.25) is 0 Å². The molecule has 1 unspecified atom stereocenters. The summed E-state index contributed by atoms with van der Waals surface area (Å²) in [6, 6.07) is 14.5. The average Bonchev–Trinajstić information content (AvgIpc) is 2.94. The van der Waals surface area contributed by atoms with Crippen molar-refractivity contribution in [2.45, 2.75) is 45.7 Å². The highest BCUT2D eigenvalue weighted by molar-refractivity contribution is 7.33. The number of rotatable bonds is 16. The van der Waals surface area contributed by atoms with Crippen molar-refractivity contribution in [2.24, 2.45) is 0 Å². The van der Waals surface area contributed by atoms with Gasteiger partial charge in [-0.25, -0.2) is 4.98 Å². The van der Waals surface area contributed by atoms with E-state index >= 15 is 0 Å². The fourth-order valence-electron chi connectivity index (χ4n) is 4.49. The van der Waals surface area contributed by atoms with E-state index in [0.717, 1.165) is 57.1 Å². The molecule has 10 heteroatoms. The van der Waals surface area contributed by atoms with Crippen LogP contribution in [0, 0.1) is 13.8 Å². The highest BCUT2D eigenvalue weighted by Crippen LogP contribution is 2.38. The molecule has 2 heterocycles. The molecule has 0 spiro atoms. The molecule has 2 aromatic carbocycles. The molecule has 4 aromatic rings. The minimum Gasteiger partial charge on any atom is -0.491 e. The second kappa shape index (κ2) is 14.8. The molecule has 41 heavy (non-hydrogen) atoms. The van der Waals surface area contributed by atoms with Crippen LogP contribution in [0.1, 0.15) is 35.6 Å². The molecule has 0 amide bonds. The Bertz CT molecular complexity index is 1450. The van der Waals surface area contributed by atoms with Gasteiger partial charge in [0.05, 0.1) is 40.8 Å². The Morgan fingerprint density at radius 2 is 1.68 bits per heavy atom. The molecule has 1 atom stereocenters. The summed E-state index contributed by atoms with van der Waals surface area (Å²) < 4.78 is 48.3. The van der Waals surface area contributed by atoms with E-state index in [1.165, 1.54) is 5.56 Å². The number of halogens is 2. The SMILES string of the molecule is CCOPC(F)(F)CCOCCOCCOc1ccc(CCc2cnc3c(N)nc4cc(C)ccc4c3c2)c(C)c1. The van der Waals surface area contributed by atoms with Crippen molar-refractivity contribution in [1.29, 1.82) is 0 Å². The lowest BCUT2D eigenvalue weighted by Gasteiger charge is -2.15. The zero-order chi connectivity index (χ0) is 29.2. The van der Waals surface area contributed by atoms with Crippen molar-refractivity contribution < 1.29 is 27.5 Å². The Balaban J connectivity index is 1.20. The van der Waals surface area contributed by atoms with Gasteiger partial charge in [0.1, 0.15) is 17.9 Å². The Kier molecular flexibility index (Phi) is 11.2. The zero-order valence-corrected chi connectivity index (χ0v) is 24.8. The molecule has 0 bridgehead atoms. The standard InChI is InChI=1S/C31H38F2N3O4P/c1-4-40-41-31(32,33)11-12-37-13-14-38-15-16-39-25-9-8-24(22(3)18-25)7-6-23-19-27-26-10-5-21(2)17-28(26)36-30(34)29(27)35-20-23/h5,8-10,17-20,41H,4,6-7,11-16H2,1-3H3,(H2,34,36). The molecule has 0 saturated heterocycles. The van der Waals surface area contributed by atoms with Gasteiger partial charge in [-0.15, -0.1) is 0 Å². The molecule has 0 fully saturated rings. The number of aromatic nitrogens is 2. The van der Waals surface area contributed by atoms with Crippen LogP contribution < -0.4 is 10.5 Å². The van der Waals surface area contributed by atoms with Crippen molar-refractivity contribution >= 4 is 36.4 Å². The second-order valence-corrected chi connectivity index (χ2v) is 11.1. The fraction of sp³-hybridized carbons (Fsp3) is 0.419. The molecule has 0 radical (unpaired) electrons. The van der Waals surface area contributed by atoms with Crippen LogP contribution in [0.3, 0.4) is 0 Å². The minimum absolute atomic E-state index is 0.0291. The third kappa shape index (κ3) is 9.01. The summed E-state index contributed by atoms with van der Waals surface area (Å²) in [5.41, 5.74) is 9.66. The number of nitrogens with zero attached hydrogens (tertiary/aromatic N) is 2. The van der Waals surface area contributed by atoms with Crippen molar-refractivity contribution in [3.63, 3.8) is 0 Å².